The highest BCUT2D eigenvalue weighted by Gasteiger charge is 2.25. The number of hydrogen-bond donors (Lipinski definition) is 1. The molecule has 0 radical (unpaired) electrons. The molecule has 0 aromatic carbocycles. The minimum Gasteiger partial charge on any atom is -0.464 e. The molecule has 1 aliphatic heterocycles. The Morgan fingerprint density at radius 2 is 2.22 bits per heavy atom. The van der Waals surface area contributed by atoms with E-state index in [0.717, 1.165) is 43.4 Å². The topological polar surface area (TPSA) is 34.4 Å². The maximum atomic E-state index is 5.73. The van der Waals surface area contributed by atoms with Crippen molar-refractivity contribution in [2.24, 2.45) is 5.92 Å². The van der Waals surface area contributed by atoms with Gasteiger partial charge in [-0.25, -0.2) is 0 Å². The fourth-order valence-corrected chi connectivity index (χ4v) is 2.94. The van der Waals surface area contributed by atoms with Crippen LogP contribution in [0.1, 0.15) is 31.3 Å². The highest BCUT2D eigenvalue weighted by molar-refractivity contribution is 7.97. The summed E-state index contributed by atoms with van der Waals surface area (Å²) in [7, 11) is 0. The molecule has 1 N–H and O–H groups in total. The van der Waals surface area contributed by atoms with E-state index < -0.39 is 0 Å². The molecular formula is C14H23NO2S. The average Bonchev–Trinajstić information content (AvgIpc) is 2.99. The van der Waals surface area contributed by atoms with Gasteiger partial charge >= 0.3 is 0 Å². The van der Waals surface area contributed by atoms with Gasteiger partial charge in [-0.2, -0.15) is 11.8 Å². The summed E-state index contributed by atoms with van der Waals surface area (Å²) in [4.78, 5) is 0. The molecular weight excluding hydrogens is 246 g/mol. The van der Waals surface area contributed by atoms with Crippen molar-refractivity contribution < 1.29 is 9.15 Å². The zero-order valence-corrected chi connectivity index (χ0v) is 12.1. The van der Waals surface area contributed by atoms with Crippen molar-refractivity contribution in [1.29, 1.82) is 0 Å². The lowest BCUT2D eigenvalue weighted by Gasteiger charge is -2.16. The minimum absolute atomic E-state index is 0.446. The van der Waals surface area contributed by atoms with Crippen molar-refractivity contribution >= 4 is 11.8 Å². The van der Waals surface area contributed by atoms with Crippen molar-refractivity contribution in [3.05, 3.63) is 23.7 Å². The summed E-state index contributed by atoms with van der Waals surface area (Å²) in [5.41, 5.74) is 0. The van der Waals surface area contributed by atoms with Crippen LogP contribution in [0.25, 0.3) is 0 Å². The Morgan fingerprint density at radius 1 is 1.39 bits per heavy atom. The van der Waals surface area contributed by atoms with Crippen molar-refractivity contribution in [2.75, 3.05) is 19.4 Å². The summed E-state index contributed by atoms with van der Waals surface area (Å²) >= 11 is 1.78. The maximum Gasteiger partial charge on any atom is 0.117 e. The Bertz CT molecular complexity index is 353. The fraction of sp³-hybridized carbons (Fsp3) is 0.714. The normalized spacial score (nSPS) is 23.7. The molecule has 1 aliphatic rings. The Kier molecular flexibility index (Phi) is 5.60. The van der Waals surface area contributed by atoms with E-state index >= 15 is 0 Å². The van der Waals surface area contributed by atoms with Crippen molar-refractivity contribution in [3.63, 3.8) is 0 Å². The second-order valence-corrected chi connectivity index (χ2v) is 5.66. The van der Waals surface area contributed by atoms with Gasteiger partial charge in [-0.15, -0.1) is 0 Å². The standard InChI is InChI=1S/C14H23NO2S/c1-3-14-11(6-7-16-14)8-15-9-12-4-5-13(17-12)10-18-2/h4-5,11,14-15H,3,6-10H2,1-2H3. The third-order valence-electron chi connectivity index (χ3n) is 3.46. The van der Waals surface area contributed by atoms with Crippen molar-refractivity contribution in [2.45, 2.75) is 38.2 Å². The van der Waals surface area contributed by atoms with Crippen LogP contribution < -0.4 is 5.32 Å². The van der Waals surface area contributed by atoms with Gasteiger partial charge in [0.15, 0.2) is 0 Å². The smallest absolute Gasteiger partial charge is 0.117 e. The monoisotopic (exact) mass is 269 g/mol. The predicted molar refractivity (Wildman–Crippen MR) is 75.8 cm³/mol. The Morgan fingerprint density at radius 3 is 3.00 bits per heavy atom. The van der Waals surface area contributed by atoms with Crippen LogP contribution in [-0.4, -0.2) is 25.5 Å². The van der Waals surface area contributed by atoms with E-state index in [9.17, 15) is 0 Å². The first-order valence-corrected chi connectivity index (χ1v) is 8.11. The van der Waals surface area contributed by atoms with E-state index in [0.29, 0.717) is 12.0 Å². The molecule has 0 saturated carbocycles. The Hall–Kier alpha value is -0.450. The summed E-state index contributed by atoms with van der Waals surface area (Å²) < 4.78 is 11.4. The van der Waals surface area contributed by atoms with Crippen LogP contribution >= 0.6 is 11.8 Å². The number of hydrogen-bond acceptors (Lipinski definition) is 4. The fourth-order valence-electron chi connectivity index (χ4n) is 2.50. The zero-order chi connectivity index (χ0) is 12.8. The van der Waals surface area contributed by atoms with E-state index in [4.69, 9.17) is 9.15 Å². The molecule has 1 aromatic rings. The molecule has 0 amide bonds. The van der Waals surface area contributed by atoms with Gasteiger partial charge in [-0.1, -0.05) is 6.92 Å². The van der Waals surface area contributed by atoms with Gasteiger partial charge in [0.25, 0.3) is 0 Å². The highest BCUT2D eigenvalue weighted by Crippen LogP contribution is 2.22. The van der Waals surface area contributed by atoms with Crippen molar-refractivity contribution in [3.8, 4) is 0 Å². The first-order valence-electron chi connectivity index (χ1n) is 6.72. The minimum atomic E-state index is 0.446. The van der Waals surface area contributed by atoms with Crippen LogP contribution in [0.15, 0.2) is 16.5 Å². The zero-order valence-electron chi connectivity index (χ0n) is 11.3. The van der Waals surface area contributed by atoms with E-state index in [1.54, 1.807) is 11.8 Å². The Labute approximate surface area is 114 Å². The van der Waals surface area contributed by atoms with E-state index in [2.05, 4.69) is 30.6 Å². The molecule has 102 valence electrons. The third kappa shape index (κ3) is 3.77. The summed E-state index contributed by atoms with van der Waals surface area (Å²) in [5, 5.41) is 3.48. The first-order chi connectivity index (χ1) is 8.83. The van der Waals surface area contributed by atoms with Crippen LogP contribution in [0.4, 0.5) is 0 Å². The van der Waals surface area contributed by atoms with Crippen LogP contribution in [0.5, 0.6) is 0 Å². The summed E-state index contributed by atoms with van der Waals surface area (Å²) in [6, 6.07) is 4.14. The largest absolute Gasteiger partial charge is 0.464 e. The maximum absolute atomic E-state index is 5.73. The molecule has 1 fully saturated rings. The summed E-state index contributed by atoms with van der Waals surface area (Å²) in [5.74, 6) is 3.71. The van der Waals surface area contributed by atoms with E-state index in [1.165, 1.54) is 6.42 Å². The summed E-state index contributed by atoms with van der Waals surface area (Å²) in [6.45, 7) is 4.96. The molecule has 0 spiro atoms. The molecule has 4 heteroatoms. The van der Waals surface area contributed by atoms with Crippen LogP contribution in [0, 0.1) is 5.92 Å². The van der Waals surface area contributed by atoms with Crippen LogP contribution in [0.2, 0.25) is 0 Å². The van der Waals surface area contributed by atoms with Gasteiger partial charge in [0.05, 0.1) is 18.4 Å². The van der Waals surface area contributed by atoms with Gasteiger partial charge in [-0.3, -0.25) is 0 Å². The lowest BCUT2D eigenvalue weighted by atomic mass is 10.00. The van der Waals surface area contributed by atoms with Crippen LogP contribution in [0.3, 0.4) is 0 Å². The summed E-state index contributed by atoms with van der Waals surface area (Å²) in [6.07, 6.45) is 4.83. The third-order valence-corrected chi connectivity index (χ3v) is 4.03. The number of furan rings is 1. The first kappa shape index (κ1) is 14.0. The molecule has 0 bridgehead atoms. The lowest BCUT2D eigenvalue weighted by molar-refractivity contribution is 0.0871. The van der Waals surface area contributed by atoms with E-state index in [1.807, 2.05) is 0 Å². The average molecular weight is 269 g/mol. The molecule has 1 saturated heterocycles. The molecule has 2 unspecified atom stereocenters. The molecule has 2 rings (SSSR count). The quantitative estimate of drug-likeness (QED) is 0.825. The van der Waals surface area contributed by atoms with E-state index in [-0.39, 0.29) is 0 Å². The van der Waals surface area contributed by atoms with Crippen LogP contribution in [-0.2, 0) is 17.0 Å². The number of ether oxygens (including phenoxy) is 1. The Balaban J connectivity index is 1.71. The van der Waals surface area contributed by atoms with Gasteiger partial charge in [0.1, 0.15) is 11.5 Å². The lowest BCUT2D eigenvalue weighted by Crippen LogP contribution is -2.27. The number of thioether (sulfide) groups is 1. The second-order valence-electron chi connectivity index (χ2n) is 4.80. The van der Waals surface area contributed by atoms with Gasteiger partial charge in [0, 0.05) is 13.2 Å². The van der Waals surface area contributed by atoms with Crippen molar-refractivity contribution in [1.82, 2.24) is 5.32 Å². The number of rotatable bonds is 7. The van der Waals surface area contributed by atoms with Gasteiger partial charge in [0.2, 0.25) is 0 Å². The molecule has 2 atom stereocenters. The molecule has 2 heterocycles. The molecule has 3 nitrogen and oxygen atoms in total. The predicted octanol–water partition coefficient (Wildman–Crippen LogP) is 3.05. The number of nitrogens with one attached hydrogen (secondary N) is 1. The van der Waals surface area contributed by atoms with Gasteiger partial charge in [-0.05, 0) is 37.1 Å². The second kappa shape index (κ2) is 7.22. The molecule has 0 aliphatic carbocycles. The highest BCUT2D eigenvalue weighted by atomic mass is 32.2. The molecule has 1 aromatic heterocycles. The SMILES string of the molecule is CCC1OCCC1CNCc1ccc(CSC)o1. The molecule has 18 heavy (non-hydrogen) atoms. The van der Waals surface area contributed by atoms with Gasteiger partial charge < -0.3 is 14.5 Å².